The van der Waals surface area contributed by atoms with Gasteiger partial charge in [0.1, 0.15) is 11.6 Å². The van der Waals surface area contributed by atoms with Crippen molar-refractivity contribution in [3.05, 3.63) is 85.0 Å². The van der Waals surface area contributed by atoms with Crippen LogP contribution >= 0.6 is 0 Å². The van der Waals surface area contributed by atoms with E-state index in [0.717, 1.165) is 22.5 Å². The first-order chi connectivity index (χ1) is 21.0. The third kappa shape index (κ3) is 4.98. The van der Waals surface area contributed by atoms with Gasteiger partial charge >= 0.3 is 0 Å². The zero-order chi connectivity index (χ0) is 31.8. The molecule has 3 fully saturated rings. The van der Waals surface area contributed by atoms with E-state index in [-0.39, 0.29) is 49.9 Å². The van der Waals surface area contributed by atoms with Crippen molar-refractivity contribution in [2.75, 3.05) is 36.0 Å². The van der Waals surface area contributed by atoms with Gasteiger partial charge in [0, 0.05) is 37.6 Å². The van der Waals surface area contributed by atoms with E-state index in [9.17, 15) is 19.5 Å². The molecule has 3 unspecified atom stereocenters. The van der Waals surface area contributed by atoms with Gasteiger partial charge < -0.3 is 24.5 Å². The number of amides is 3. The molecule has 5 rings (SSSR count). The minimum atomic E-state index is -1.17. The molecule has 44 heavy (non-hydrogen) atoms. The SMILES string of the molecule is C=CCN(C(=O)[C@@H]1[C@H]2C(=O)N(CCCCO)C(C(=O)N(CC=C)c3cc(C)ccc3C)C23CC(C)[C@@]1(C)O3)c1ccccc1. The number of aliphatic hydroxyl groups is 1. The van der Waals surface area contributed by atoms with Gasteiger partial charge in [0.15, 0.2) is 0 Å². The van der Waals surface area contributed by atoms with Crippen molar-refractivity contribution in [2.45, 2.75) is 64.2 Å². The highest BCUT2D eigenvalue weighted by Gasteiger charge is 2.80. The molecule has 1 spiro atoms. The molecule has 3 heterocycles. The lowest BCUT2D eigenvalue weighted by atomic mass is 9.62. The Morgan fingerprint density at radius 1 is 1.05 bits per heavy atom. The van der Waals surface area contributed by atoms with Crippen molar-refractivity contribution in [1.82, 2.24) is 4.90 Å². The Hall–Kier alpha value is -3.75. The van der Waals surface area contributed by atoms with Gasteiger partial charge in [0.25, 0.3) is 5.91 Å². The molecular weight excluding hydrogens is 554 g/mol. The smallest absolute Gasteiger partial charge is 0.253 e. The molecule has 8 nitrogen and oxygen atoms in total. The molecule has 0 aromatic heterocycles. The number of carbonyl (C=O) groups is 3. The van der Waals surface area contributed by atoms with E-state index in [0.29, 0.717) is 19.3 Å². The van der Waals surface area contributed by atoms with Gasteiger partial charge in [-0.2, -0.15) is 0 Å². The summed E-state index contributed by atoms with van der Waals surface area (Å²) in [7, 11) is 0. The zero-order valence-electron chi connectivity index (χ0n) is 26.4. The molecule has 3 amide bonds. The van der Waals surface area contributed by atoms with Crippen molar-refractivity contribution < 1.29 is 24.2 Å². The number of rotatable bonds is 12. The minimum Gasteiger partial charge on any atom is -0.396 e. The normalized spacial score (nSPS) is 28.6. The summed E-state index contributed by atoms with van der Waals surface area (Å²) in [5.74, 6) is -2.37. The fourth-order valence-corrected chi connectivity index (χ4v) is 7.85. The first-order valence-electron chi connectivity index (χ1n) is 15.6. The van der Waals surface area contributed by atoms with Crippen LogP contribution in [0.3, 0.4) is 0 Å². The number of fused-ring (bicyclic) bond motifs is 1. The topological polar surface area (TPSA) is 90.4 Å². The summed E-state index contributed by atoms with van der Waals surface area (Å²) < 4.78 is 6.98. The number of anilines is 2. The van der Waals surface area contributed by atoms with E-state index >= 15 is 0 Å². The number of hydrogen-bond donors (Lipinski definition) is 1. The number of aryl methyl sites for hydroxylation is 2. The predicted molar refractivity (Wildman–Crippen MR) is 172 cm³/mol. The molecule has 2 aromatic rings. The average Bonchev–Trinajstić information content (AvgIpc) is 3.52. The summed E-state index contributed by atoms with van der Waals surface area (Å²) in [5.41, 5.74) is 1.32. The number of benzene rings is 2. The van der Waals surface area contributed by atoms with Gasteiger partial charge in [0.05, 0.1) is 17.4 Å². The number of ether oxygens (including phenoxy) is 1. The molecule has 3 aliphatic heterocycles. The Bertz CT molecular complexity index is 1440. The van der Waals surface area contributed by atoms with Gasteiger partial charge in [-0.15, -0.1) is 13.2 Å². The molecule has 6 atom stereocenters. The summed E-state index contributed by atoms with van der Waals surface area (Å²) >= 11 is 0. The fourth-order valence-electron chi connectivity index (χ4n) is 7.85. The lowest BCUT2D eigenvalue weighted by molar-refractivity contribution is -0.145. The van der Waals surface area contributed by atoms with Crippen molar-refractivity contribution in [3.63, 3.8) is 0 Å². The number of carbonyl (C=O) groups excluding carboxylic acids is 3. The maximum Gasteiger partial charge on any atom is 0.253 e. The van der Waals surface area contributed by atoms with Crippen LogP contribution in [-0.2, 0) is 19.1 Å². The van der Waals surface area contributed by atoms with Crippen molar-refractivity contribution in [1.29, 1.82) is 0 Å². The summed E-state index contributed by atoms with van der Waals surface area (Å²) in [6, 6.07) is 14.4. The van der Waals surface area contributed by atoms with E-state index in [1.807, 2.05) is 69.3 Å². The Morgan fingerprint density at radius 2 is 1.73 bits per heavy atom. The molecule has 2 aromatic carbocycles. The van der Waals surface area contributed by atoms with Gasteiger partial charge in [-0.1, -0.05) is 49.4 Å². The van der Waals surface area contributed by atoms with Gasteiger partial charge in [-0.05, 0) is 75.3 Å². The maximum atomic E-state index is 14.9. The average molecular weight is 600 g/mol. The van der Waals surface area contributed by atoms with Crippen LogP contribution in [0.15, 0.2) is 73.8 Å². The maximum absolute atomic E-state index is 14.9. The summed E-state index contributed by atoms with van der Waals surface area (Å²) in [5, 5.41) is 9.54. The molecule has 8 heteroatoms. The van der Waals surface area contributed by atoms with Crippen molar-refractivity contribution >= 4 is 29.1 Å². The summed E-state index contributed by atoms with van der Waals surface area (Å²) in [6.07, 6.45) is 4.88. The second kappa shape index (κ2) is 12.3. The number of unbranched alkanes of at least 4 members (excludes halogenated alkanes) is 1. The Morgan fingerprint density at radius 3 is 2.39 bits per heavy atom. The largest absolute Gasteiger partial charge is 0.396 e. The van der Waals surface area contributed by atoms with E-state index < -0.39 is 29.1 Å². The van der Waals surface area contributed by atoms with E-state index in [1.165, 1.54) is 0 Å². The predicted octanol–water partition coefficient (Wildman–Crippen LogP) is 4.82. The van der Waals surface area contributed by atoms with Crippen LogP contribution in [0.2, 0.25) is 0 Å². The van der Waals surface area contributed by atoms with Crippen LogP contribution in [0.1, 0.15) is 44.2 Å². The van der Waals surface area contributed by atoms with Crippen LogP contribution in [0.5, 0.6) is 0 Å². The monoisotopic (exact) mass is 599 g/mol. The van der Waals surface area contributed by atoms with Crippen LogP contribution in [0, 0.1) is 31.6 Å². The first kappa shape index (κ1) is 31.7. The van der Waals surface area contributed by atoms with Gasteiger partial charge in [-0.3, -0.25) is 14.4 Å². The van der Waals surface area contributed by atoms with Crippen molar-refractivity contribution in [3.8, 4) is 0 Å². The van der Waals surface area contributed by atoms with E-state index in [4.69, 9.17) is 4.74 Å². The summed E-state index contributed by atoms with van der Waals surface area (Å²) in [4.78, 5) is 49.2. The lowest BCUT2D eigenvalue weighted by Crippen LogP contribution is -2.57. The second-order valence-electron chi connectivity index (χ2n) is 12.8. The molecule has 234 valence electrons. The highest BCUT2D eigenvalue weighted by atomic mass is 16.5. The Kier molecular flexibility index (Phi) is 8.87. The molecule has 0 saturated carbocycles. The number of aliphatic hydroxyl groups excluding tert-OH is 1. The Balaban J connectivity index is 1.63. The van der Waals surface area contributed by atoms with Crippen LogP contribution < -0.4 is 9.80 Å². The quantitative estimate of drug-likeness (QED) is 0.279. The standard InChI is InChI=1S/C36H45N3O5/c1-7-18-37(27-14-10-9-11-15-27)32(41)29-30-33(42)39(20-12-13-21-40)31(36(30)23-26(5)35(29,6)44-36)34(43)38(19-8-2)28-22-24(3)16-17-25(28)4/h7-11,14-17,22,26,29-31,40H,1-2,12-13,18-21,23H2,3-6H3/t26?,29-,30-,31?,35+,36?/m0/s1. The third-order valence-corrected chi connectivity index (χ3v) is 10.0. The van der Waals surface area contributed by atoms with Crippen molar-refractivity contribution in [2.24, 2.45) is 17.8 Å². The molecular formula is C36H45N3O5. The minimum absolute atomic E-state index is 0.0133. The molecule has 0 aliphatic carbocycles. The molecule has 3 aliphatic rings. The number of likely N-dealkylation sites (tertiary alicyclic amines) is 1. The van der Waals surface area contributed by atoms with E-state index in [2.05, 4.69) is 20.1 Å². The molecule has 0 radical (unpaired) electrons. The lowest BCUT2D eigenvalue weighted by Gasteiger charge is -2.39. The van der Waals surface area contributed by atoms with Crippen LogP contribution in [0.25, 0.3) is 0 Å². The summed E-state index contributed by atoms with van der Waals surface area (Å²) in [6.45, 7) is 16.6. The third-order valence-electron chi connectivity index (χ3n) is 10.0. The van der Waals surface area contributed by atoms with Gasteiger partial charge in [-0.25, -0.2) is 0 Å². The Labute approximate surface area is 261 Å². The second-order valence-corrected chi connectivity index (χ2v) is 12.8. The fraction of sp³-hybridized carbons (Fsp3) is 0.472. The highest BCUT2D eigenvalue weighted by molar-refractivity contribution is 6.07. The van der Waals surface area contributed by atoms with Crippen LogP contribution in [0.4, 0.5) is 11.4 Å². The number of para-hydroxylation sites is 1. The molecule has 2 bridgehead atoms. The first-order valence-corrected chi connectivity index (χ1v) is 15.6. The number of nitrogens with zero attached hydrogens (tertiary/aromatic N) is 3. The number of hydrogen-bond acceptors (Lipinski definition) is 5. The van der Waals surface area contributed by atoms with Gasteiger partial charge in [0.2, 0.25) is 11.8 Å². The molecule has 3 saturated heterocycles. The van der Waals surface area contributed by atoms with E-state index in [1.54, 1.807) is 26.9 Å². The molecule has 1 N–H and O–H groups in total. The van der Waals surface area contributed by atoms with Crippen LogP contribution in [-0.4, -0.2) is 71.2 Å². The zero-order valence-corrected chi connectivity index (χ0v) is 26.4. The highest BCUT2D eigenvalue weighted by Crippen LogP contribution is 2.65.